The third kappa shape index (κ3) is 6.78. The number of hydrogen-bond acceptors (Lipinski definition) is 3. The smallest absolute Gasteiger partial charge is 0.194 e. The van der Waals surface area contributed by atoms with Gasteiger partial charge in [0.2, 0.25) is 0 Å². The monoisotopic (exact) mass is 364 g/mol. The van der Waals surface area contributed by atoms with Crippen molar-refractivity contribution >= 4 is 16.8 Å². The zero-order valence-electron chi connectivity index (χ0n) is 15.8. The van der Waals surface area contributed by atoms with Crippen LogP contribution in [0.25, 0.3) is 0 Å². The van der Waals surface area contributed by atoms with Gasteiger partial charge < -0.3 is 10.2 Å². The molecule has 25 heavy (non-hydrogen) atoms. The van der Waals surface area contributed by atoms with Gasteiger partial charge >= 0.3 is 0 Å². The molecule has 1 aromatic rings. The van der Waals surface area contributed by atoms with E-state index in [2.05, 4.69) is 35.9 Å². The maximum atomic E-state index is 12.3. The fourth-order valence-corrected chi connectivity index (χ4v) is 3.96. The third-order valence-electron chi connectivity index (χ3n) is 4.17. The maximum Gasteiger partial charge on any atom is 0.194 e. The molecular weight excluding hydrogens is 332 g/mol. The third-order valence-corrected chi connectivity index (χ3v) is 5.53. The van der Waals surface area contributed by atoms with E-state index in [1.54, 1.807) is 0 Å². The number of aliphatic imine (C=N–C) groups is 1. The van der Waals surface area contributed by atoms with Gasteiger partial charge in [0, 0.05) is 49.9 Å². The van der Waals surface area contributed by atoms with Gasteiger partial charge in [0.15, 0.2) is 5.96 Å². The summed E-state index contributed by atoms with van der Waals surface area (Å²) in [6.45, 7) is 13.4. The van der Waals surface area contributed by atoms with Crippen molar-refractivity contribution < 1.29 is 4.21 Å². The lowest BCUT2D eigenvalue weighted by Gasteiger charge is -2.37. The van der Waals surface area contributed by atoms with E-state index in [1.807, 2.05) is 30.3 Å². The first kappa shape index (κ1) is 19.9. The summed E-state index contributed by atoms with van der Waals surface area (Å²) in [6.07, 6.45) is 0. The normalized spacial score (nSPS) is 17.8. The highest BCUT2D eigenvalue weighted by atomic mass is 32.2. The van der Waals surface area contributed by atoms with Crippen molar-refractivity contribution in [1.29, 1.82) is 0 Å². The summed E-state index contributed by atoms with van der Waals surface area (Å²) in [7, 11) is -0.983. The van der Waals surface area contributed by atoms with Crippen molar-refractivity contribution in [2.45, 2.75) is 25.7 Å². The van der Waals surface area contributed by atoms with Crippen LogP contribution in [-0.4, -0.2) is 71.5 Å². The Hall–Kier alpha value is -1.40. The van der Waals surface area contributed by atoms with Crippen LogP contribution in [-0.2, 0) is 10.8 Å². The minimum absolute atomic E-state index is 0.562. The molecule has 140 valence electrons. The van der Waals surface area contributed by atoms with E-state index in [4.69, 9.17) is 4.99 Å². The van der Waals surface area contributed by atoms with Crippen LogP contribution in [0.2, 0.25) is 0 Å². The van der Waals surface area contributed by atoms with Gasteiger partial charge in [-0.05, 0) is 25.0 Å². The van der Waals surface area contributed by atoms with Gasteiger partial charge in [-0.1, -0.05) is 32.0 Å². The molecule has 0 aromatic heterocycles. The first-order chi connectivity index (χ1) is 12.1. The lowest BCUT2D eigenvalue weighted by Crippen LogP contribution is -2.53. The lowest BCUT2D eigenvalue weighted by molar-refractivity contribution is 0.164. The van der Waals surface area contributed by atoms with E-state index >= 15 is 0 Å². The molecule has 0 spiro atoms. The summed E-state index contributed by atoms with van der Waals surface area (Å²) in [5, 5.41) is 3.38. The van der Waals surface area contributed by atoms with Crippen LogP contribution in [0.4, 0.5) is 0 Å². The Balaban J connectivity index is 1.85. The molecule has 0 bridgehead atoms. The van der Waals surface area contributed by atoms with E-state index in [-0.39, 0.29) is 0 Å². The Morgan fingerprint density at radius 1 is 1.20 bits per heavy atom. The number of hydrogen-bond donors (Lipinski definition) is 1. The molecule has 1 heterocycles. The van der Waals surface area contributed by atoms with E-state index in [0.29, 0.717) is 18.2 Å². The first-order valence-corrected chi connectivity index (χ1v) is 10.6. The molecule has 6 heteroatoms. The average Bonchev–Trinajstić information content (AvgIpc) is 2.62. The largest absolute Gasteiger partial charge is 0.357 e. The Morgan fingerprint density at radius 3 is 2.48 bits per heavy atom. The molecule has 1 N–H and O–H groups in total. The highest BCUT2D eigenvalue weighted by molar-refractivity contribution is 7.85. The number of piperazine rings is 1. The van der Waals surface area contributed by atoms with Crippen LogP contribution >= 0.6 is 0 Å². The predicted molar refractivity (Wildman–Crippen MR) is 107 cm³/mol. The highest BCUT2D eigenvalue weighted by Gasteiger charge is 2.19. The summed E-state index contributed by atoms with van der Waals surface area (Å²) in [6, 6.07) is 9.63. The van der Waals surface area contributed by atoms with Crippen LogP contribution in [0.3, 0.4) is 0 Å². The second-order valence-electron chi connectivity index (χ2n) is 6.78. The Morgan fingerprint density at radius 2 is 1.88 bits per heavy atom. The summed E-state index contributed by atoms with van der Waals surface area (Å²) in [4.78, 5) is 10.4. The van der Waals surface area contributed by atoms with Gasteiger partial charge in [-0.15, -0.1) is 0 Å². The minimum Gasteiger partial charge on any atom is -0.357 e. The molecule has 1 atom stereocenters. The molecule has 1 saturated heterocycles. The molecule has 0 radical (unpaired) electrons. The molecule has 1 unspecified atom stereocenters. The lowest BCUT2D eigenvalue weighted by atomic mass is 10.2. The Labute approximate surface area is 155 Å². The summed E-state index contributed by atoms with van der Waals surface area (Å²) in [5.74, 6) is 2.23. The van der Waals surface area contributed by atoms with Crippen molar-refractivity contribution in [2.24, 2.45) is 10.9 Å². The van der Waals surface area contributed by atoms with E-state index < -0.39 is 10.8 Å². The van der Waals surface area contributed by atoms with Crippen LogP contribution in [0, 0.1) is 5.92 Å². The zero-order valence-corrected chi connectivity index (χ0v) is 16.6. The average molecular weight is 365 g/mol. The molecule has 1 aliphatic rings. The number of nitrogens with one attached hydrogen (secondary N) is 1. The SMILES string of the molecule is CCNC(=NCCS(=O)c1ccccc1)N1CCN(CC(C)C)CC1. The Bertz CT molecular complexity index is 554. The van der Waals surface area contributed by atoms with Crippen molar-refractivity contribution in [3.05, 3.63) is 30.3 Å². The molecule has 2 rings (SSSR count). The van der Waals surface area contributed by atoms with Gasteiger partial charge in [0.25, 0.3) is 0 Å². The summed E-state index contributed by atoms with van der Waals surface area (Å²) in [5.41, 5.74) is 0. The van der Waals surface area contributed by atoms with Crippen LogP contribution in [0.5, 0.6) is 0 Å². The fourth-order valence-electron chi connectivity index (χ4n) is 3.01. The van der Waals surface area contributed by atoms with Crippen molar-refractivity contribution in [3.8, 4) is 0 Å². The van der Waals surface area contributed by atoms with Gasteiger partial charge in [0.05, 0.1) is 17.3 Å². The molecule has 0 amide bonds. The van der Waals surface area contributed by atoms with Crippen LogP contribution in [0.15, 0.2) is 40.2 Å². The van der Waals surface area contributed by atoms with Crippen LogP contribution < -0.4 is 5.32 Å². The molecular formula is C19H32N4OS. The molecule has 1 fully saturated rings. The number of benzene rings is 1. The standard InChI is InChI=1S/C19H32N4OS/c1-4-20-19(23-13-11-22(12-14-23)16-17(2)3)21-10-15-25(24)18-8-6-5-7-9-18/h5-9,17H,4,10-16H2,1-3H3,(H,20,21). The van der Waals surface area contributed by atoms with Gasteiger partial charge in [-0.2, -0.15) is 0 Å². The minimum atomic E-state index is -0.983. The molecule has 0 saturated carbocycles. The summed E-state index contributed by atoms with van der Waals surface area (Å²) >= 11 is 0. The quantitative estimate of drug-likeness (QED) is 0.594. The van der Waals surface area contributed by atoms with Gasteiger partial charge in [-0.3, -0.25) is 14.1 Å². The van der Waals surface area contributed by atoms with Gasteiger partial charge in [-0.25, -0.2) is 0 Å². The first-order valence-electron chi connectivity index (χ1n) is 9.29. The van der Waals surface area contributed by atoms with Crippen LogP contribution in [0.1, 0.15) is 20.8 Å². The van der Waals surface area contributed by atoms with E-state index in [0.717, 1.165) is 50.1 Å². The second-order valence-corrected chi connectivity index (χ2v) is 8.35. The molecule has 1 aliphatic heterocycles. The zero-order chi connectivity index (χ0) is 18.1. The number of guanidine groups is 1. The van der Waals surface area contributed by atoms with Crippen molar-refractivity contribution in [1.82, 2.24) is 15.1 Å². The maximum absolute atomic E-state index is 12.3. The molecule has 5 nitrogen and oxygen atoms in total. The van der Waals surface area contributed by atoms with Crippen molar-refractivity contribution in [2.75, 3.05) is 51.6 Å². The van der Waals surface area contributed by atoms with E-state index in [1.165, 1.54) is 0 Å². The topological polar surface area (TPSA) is 47.9 Å². The fraction of sp³-hybridized carbons (Fsp3) is 0.632. The predicted octanol–water partition coefficient (Wildman–Crippen LogP) is 2.03. The second kappa shape index (κ2) is 10.6. The Kier molecular flexibility index (Phi) is 8.41. The van der Waals surface area contributed by atoms with Crippen molar-refractivity contribution in [3.63, 3.8) is 0 Å². The van der Waals surface area contributed by atoms with Gasteiger partial charge in [0.1, 0.15) is 0 Å². The number of nitrogens with zero attached hydrogens (tertiary/aromatic N) is 3. The summed E-state index contributed by atoms with van der Waals surface area (Å²) < 4.78 is 12.3. The molecule has 0 aliphatic carbocycles. The number of rotatable bonds is 7. The van der Waals surface area contributed by atoms with E-state index in [9.17, 15) is 4.21 Å². The molecule has 1 aromatic carbocycles. The highest BCUT2D eigenvalue weighted by Crippen LogP contribution is 2.07.